The van der Waals surface area contributed by atoms with Crippen LogP contribution < -0.4 is 11.1 Å². The lowest BCUT2D eigenvalue weighted by Gasteiger charge is -2.13. The van der Waals surface area contributed by atoms with E-state index in [1.165, 1.54) is 19.2 Å². The van der Waals surface area contributed by atoms with Gasteiger partial charge in [-0.3, -0.25) is 4.79 Å². The standard InChI is InChI=1S/C12H19N3O3S/c1-3-4-7-14-11(16)9(2)19(17,18)12-10(13)6-5-8-15-12/h5-6,8-9H,3-4,7,13H2,1-2H3,(H,14,16). The summed E-state index contributed by atoms with van der Waals surface area (Å²) in [6.45, 7) is 3.79. The maximum Gasteiger partial charge on any atom is 0.238 e. The van der Waals surface area contributed by atoms with Crippen molar-refractivity contribution < 1.29 is 13.2 Å². The lowest BCUT2D eigenvalue weighted by Crippen LogP contribution is -2.38. The largest absolute Gasteiger partial charge is 0.396 e. The number of pyridine rings is 1. The summed E-state index contributed by atoms with van der Waals surface area (Å²) < 4.78 is 24.4. The highest BCUT2D eigenvalue weighted by molar-refractivity contribution is 7.92. The minimum Gasteiger partial charge on any atom is -0.396 e. The van der Waals surface area contributed by atoms with E-state index in [0.29, 0.717) is 6.54 Å². The lowest BCUT2D eigenvalue weighted by molar-refractivity contribution is -0.120. The monoisotopic (exact) mass is 285 g/mol. The van der Waals surface area contributed by atoms with E-state index in [0.717, 1.165) is 12.8 Å². The van der Waals surface area contributed by atoms with Crippen LogP contribution in [0, 0.1) is 0 Å². The van der Waals surface area contributed by atoms with Crippen molar-refractivity contribution in [1.82, 2.24) is 10.3 Å². The fourth-order valence-corrected chi connectivity index (χ4v) is 2.79. The van der Waals surface area contributed by atoms with Crippen molar-refractivity contribution in [3.63, 3.8) is 0 Å². The Morgan fingerprint density at radius 2 is 2.21 bits per heavy atom. The summed E-state index contributed by atoms with van der Waals surface area (Å²) in [5.74, 6) is -0.529. The summed E-state index contributed by atoms with van der Waals surface area (Å²) >= 11 is 0. The predicted octanol–water partition coefficient (Wildman–Crippen LogP) is 0.742. The van der Waals surface area contributed by atoms with Gasteiger partial charge in [0.25, 0.3) is 0 Å². The molecule has 0 fully saturated rings. The molecule has 0 saturated carbocycles. The zero-order valence-corrected chi connectivity index (χ0v) is 11.9. The summed E-state index contributed by atoms with van der Waals surface area (Å²) in [5.41, 5.74) is 5.64. The van der Waals surface area contributed by atoms with E-state index in [4.69, 9.17) is 5.73 Å². The number of nitrogens with zero attached hydrogens (tertiary/aromatic N) is 1. The average molecular weight is 285 g/mol. The highest BCUT2D eigenvalue weighted by Crippen LogP contribution is 2.19. The highest BCUT2D eigenvalue weighted by atomic mass is 32.2. The smallest absolute Gasteiger partial charge is 0.238 e. The number of nitrogens with two attached hydrogens (primary N) is 1. The van der Waals surface area contributed by atoms with Crippen molar-refractivity contribution in [3.8, 4) is 0 Å². The molecule has 19 heavy (non-hydrogen) atoms. The van der Waals surface area contributed by atoms with Gasteiger partial charge in [-0.2, -0.15) is 0 Å². The molecule has 106 valence electrons. The molecular weight excluding hydrogens is 266 g/mol. The Labute approximate surface area is 113 Å². The summed E-state index contributed by atoms with van der Waals surface area (Å²) in [6, 6.07) is 2.99. The second-order valence-corrected chi connectivity index (χ2v) is 6.41. The van der Waals surface area contributed by atoms with Crippen molar-refractivity contribution in [2.45, 2.75) is 37.0 Å². The van der Waals surface area contributed by atoms with Crippen LogP contribution in [0.5, 0.6) is 0 Å². The first-order chi connectivity index (χ1) is 8.91. The van der Waals surface area contributed by atoms with Crippen LogP contribution in [-0.2, 0) is 14.6 Å². The van der Waals surface area contributed by atoms with E-state index in [9.17, 15) is 13.2 Å². The first-order valence-electron chi connectivity index (χ1n) is 6.13. The third kappa shape index (κ3) is 3.66. The number of sulfone groups is 1. The summed E-state index contributed by atoms with van der Waals surface area (Å²) in [4.78, 5) is 15.5. The van der Waals surface area contributed by atoms with Gasteiger partial charge in [0.15, 0.2) is 5.03 Å². The van der Waals surface area contributed by atoms with Crippen LogP contribution in [0.25, 0.3) is 0 Å². The number of amides is 1. The normalized spacial score (nSPS) is 12.9. The molecule has 1 atom stereocenters. The van der Waals surface area contributed by atoms with E-state index < -0.39 is 21.0 Å². The highest BCUT2D eigenvalue weighted by Gasteiger charge is 2.32. The molecule has 1 aromatic rings. The molecule has 1 amide bonds. The molecular formula is C12H19N3O3S. The molecule has 1 unspecified atom stereocenters. The van der Waals surface area contributed by atoms with Gasteiger partial charge in [0, 0.05) is 12.7 Å². The quantitative estimate of drug-likeness (QED) is 0.751. The molecule has 0 aromatic carbocycles. The molecule has 1 heterocycles. The van der Waals surface area contributed by atoms with Gasteiger partial charge in [0.2, 0.25) is 15.7 Å². The molecule has 0 bridgehead atoms. The van der Waals surface area contributed by atoms with Gasteiger partial charge in [-0.05, 0) is 25.5 Å². The van der Waals surface area contributed by atoms with Gasteiger partial charge in [0.05, 0.1) is 5.69 Å². The average Bonchev–Trinajstić information content (AvgIpc) is 2.38. The SMILES string of the molecule is CCCCNC(=O)C(C)S(=O)(=O)c1ncccc1N. The van der Waals surface area contributed by atoms with Crippen LogP contribution in [0.2, 0.25) is 0 Å². The zero-order valence-electron chi connectivity index (χ0n) is 11.1. The van der Waals surface area contributed by atoms with Gasteiger partial charge >= 0.3 is 0 Å². The fourth-order valence-electron chi connectivity index (χ4n) is 1.48. The van der Waals surface area contributed by atoms with E-state index in [-0.39, 0.29) is 10.7 Å². The number of anilines is 1. The maximum absolute atomic E-state index is 12.2. The van der Waals surface area contributed by atoms with Gasteiger partial charge in [-0.15, -0.1) is 0 Å². The lowest BCUT2D eigenvalue weighted by atomic mass is 10.3. The van der Waals surface area contributed by atoms with Gasteiger partial charge in [-0.25, -0.2) is 13.4 Å². The number of hydrogen-bond donors (Lipinski definition) is 2. The van der Waals surface area contributed by atoms with E-state index >= 15 is 0 Å². The number of carbonyl (C=O) groups excluding carboxylic acids is 1. The van der Waals surface area contributed by atoms with Crippen LogP contribution in [0.4, 0.5) is 5.69 Å². The van der Waals surface area contributed by atoms with Crippen molar-refractivity contribution in [2.24, 2.45) is 0 Å². The number of nitrogen functional groups attached to an aromatic ring is 1. The molecule has 0 spiro atoms. The summed E-state index contributed by atoms with van der Waals surface area (Å²) in [5, 5.41) is 1.14. The molecule has 1 rings (SSSR count). The Morgan fingerprint density at radius 3 is 2.79 bits per heavy atom. The molecule has 0 radical (unpaired) electrons. The first-order valence-corrected chi connectivity index (χ1v) is 7.68. The zero-order chi connectivity index (χ0) is 14.5. The van der Waals surface area contributed by atoms with Crippen LogP contribution >= 0.6 is 0 Å². The predicted molar refractivity (Wildman–Crippen MR) is 73.2 cm³/mol. The Kier molecular flexibility index (Phi) is 5.29. The molecule has 0 aliphatic heterocycles. The van der Waals surface area contributed by atoms with E-state index in [1.54, 1.807) is 6.07 Å². The Balaban J connectivity index is 2.89. The fraction of sp³-hybridized carbons (Fsp3) is 0.500. The van der Waals surface area contributed by atoms with E-state index in [2.05, 4.69) is 10.3 Å². The second-order valence-electron chi connectivity index (χ2n) is 4.23. The first kappa shape index (κ1) is 15.4. The molecule has 1 aromatic heterocycles. The number of aromatic nitrogens is 1. The molecule has 0 aliphatic carbocycles. The minimum atomic E-state index is -3.85. The topological polar surface area (TPSA) is 102 Å². The van der Waals surface area contributed by atoms with Crippen molar-refractivity contribution in [1.29, 1.82) is 0 Å². The molecule has 3 N–H and O–H groups in total. The summed E-state index contributed by atoms with van der Waals surface area (Å²) in [6.07, 6.45) is 3.07. The minimum absolute atomic E-state index is 0.0516. The second kappa shape index (κ2) is 6.51. The van der Waals surface area contributed by atoms with Gasteiger partial charge in [-0.1, -0.05) is 13.3 Å². The molecule has 0 aliphatic rings. The number of nitrogens with one attached hydrogen (secondary N) is 1. The Morgan fingerprint density at radius 1 is 1.53 bits per heavy atom. The van der Waals surface area contributed by atoms with Gasteiger partial charge < -0.3 is 11.1 Å². The van der Waals surface area contributed by atoms with Crippen LogP contribution in [0.15, 0.2) is 23.4 Å². The number of carbonyl (C=O) groups is 1. The van der Waals surface area contributed by atoms with Crippen molar-refractivity contribution >= 4 is 21.4 Å². The number of hydrogen-bond acceptors (Lipinski definition) is 5. The number of rotatable bonds is 6. The third-order valence-electron chi connectivity index (χ3n) is 2.73. The van der Waals surface area contributed by atoms with Crippen molar-refractivity contribution in [2.75, 3.05) is 12.3 Å². The summed E-state index contributed by atoms with van der Waals surface area (Å²) in [7, 11) is -3.85. The molecule has 7 heteroatoms. The third-order valence-corrected chi connectivity index (χ3v) is 4.76. The maximum atomic E-state index is 12.2. The molecule has 0 saturated heterocycles. The van der Waals surface area contributed by atoms with Crippen LogP contribution in [0.3, 0.4) is 0 Å². The van der Waals surface area contributed by atoms with Crippen molar-refractivity contribution in [3.05, 3.63) is 18.3 Å². The Hall–Kier alpha value is -1.63. The van der Waals surface area contributed by atoms with Gasteiger partial charge in [0.1, 0.15) is 5.25 Å². The Bertz CT molecular complexity index is 543. The molecule has 6 nitrogen and oxygen atoms in total. The number of unbranched alkanes of at least 4 members (excludes halogenated alkanes) is 1. The van der Waals surface area contributed by atoms with Crippen LogP contribution in [0.1, 0.15) is 26.7 Å². The van der Waals surface area contributed by atoms with Crippen LogP contribution in [-0.4, -0.2) is 31.1 Å². The van der Waals surface area contributed by atoms with E-state index in [1.807, 2.05) is 6.92 Å².